The van der Waals surface area contributed by atoms with Gasteiger partial charge >= 0.3 is 0 Å². The molecular formula is C25H23NO. The average Bonchev–Trinajstić information content (AvgIpc) is 2.68. The molecule has 2 heteroatoms. The van der Waals surface area contributed by atoms with Gasteiger partial charge in [0.1, 0.15) is 0 Å². The van der Waals surface area contributed by atoms with Gasteiger partial charge in [-0.15, -0.1) is 0 Å². The number of anilines is 1. The number of benzene rings is 3. The molecule has 0 fully saturated rings. The number of carbonyl (C=O) groups is 1. The van der Waals surface area contributed by atoms with Crippen molar-refractivity contribution >= 4 is 11.6 Å². The number of hydrogen-bond acceptors (Lipinski definition) is 1. The minimum Gasteiger partial charge on any atom is -0.326 e. The normalized spacial score (nSPS) is 24.8. The highest BCUT2D eigenvalue weighted by atomic mass is 16.1. The van der Waals surface area contributed by atoms with E-state index >= 15 is 0 Å². The molecule has 0 radical (unpaired) electrons. The van der Waals surface area contributed by atoms with E-state index in [1.165, 1.54) is 22.3 Å². The molecule has 3 aliphatic carbocycles. The van der Waals surface area contributed by atoms with E-state index in [0.29, 0.717) is 0 Å². The Hall–Kier alpha value is -2.87. The first-order valence-corrected chi connectivity index (χ1v) is 9.70. The van der Waals surface area contributed by atoms with Crippen LogP contribution in [0.3, 0.4) is 0 Å². The summed E-state index contributed by atoms with van der Waals surface area (Å²) in [6.45, 7) is 4.29. The van der Waals surface area contributed by atoms with Crippen LogP contribution in [0.2, 0.25) is 0 Å². The van der Waals surface area contributed by atoms with E-state index in [1.807, 2.05) is 31.2 Å². The summed E-state index contributed by atoms with van der Waals surface area (Å²) in [5, 5.41) is 3.19. The van der Waals surface area contributed by atoms with Crippen LogP contribution in [0.1, 0.15) is 46.6 Å². The highest BCUT2D eigenvalue weighted by Gasteiger charge is 2.50. The third-order valence-electron chi connectivity index (χ3n) is 6.37. The second-order valence-electron chi connectivity index (χ2n) is 7.96. The summed E-state index contributed by atoms with van der Waals surface area (Å²) >= 11 is 0. The van der Waals surface area contributed by atoms with E-state index in [1.54, 1.807) is 0 Å². The highest BCUT2D eigenvalue weighted by molar-refractivity contribution is 5.94. The summed E-state index contributed by atoms with van der Waals surface area (Å²) in [4.78, 5) is 13.4. The van der Waals surface area contributed by atoms with E-state index in [2.05, 4.69) is 60.8 Å². The smallest absolute Gasteiger partial charge is 0.228 e. The molecule has 3 aromatic rings. The van der Waals surface area contributed by atoms with E-state index < -0.39 is 0 Å². The van der Waals surface area contributed by atoms with E-state index in [0.717, 1.165) is 11.3 Å². The van der Waals surface area contributed by atoms with Crippen molar-refractivity contribution in [1.82, 2.24) is 0 Å². The number of carbonyl (C=O) groups excluding carboxylic acids is 1. The fourth-order valence-corrected chi connectivity index (χ4v) is 5.29. The molecule has 3 aliphatic rings. The maximum absolute atomic E-state index is 13.4. The fraction of sp³-hybridized carbons (Fsp3) is 0.240. The maximum atomic E-state index is 13.4. The van der Waals surface area contributed by atoms with Crippen molar-refractivity contribution in [2.75, 3.05) is 5.32 Å². The number of nitrogens with one attached hydrogen (secondary N) is 1. The molecule has 134 valence electrons. The van der Waals surface area contributed by atoms with Crippen LogP contribution in [-0.2, 0) is 4.79 Å². The summed E-state index contributed by atoms with van der Waals surface area (Å²) < 4.78 is 0. The van der Waals surface area contributed by atoms with Crippen LogP contribution in [0, 0.1) is 18.8 Å². The average molecular weight is 353 g/mol. The van der Waals surface area contributed by atoms with Crippen LogP contribution >= 0.6 is 0 Å². The second kappa shape index (κ2) is 6.09. The van der Waals surface area contributed by atoms with Gasteiger partial charge < -0.3 is 5.32 Å². The lowest BCUT2D eigenvalue weighted by atomic mass is 9.54. The Labute approximate surface area is 160 Å². The molecule has 27 heavy (non-hydrogen) atoms. The number of aryl methyl sites for hydroxylation is 1. The Balaban J connectivity index is 1.60. The standard InChI is InChI=1S/C25H23NO/c1-15-8-7-9-17(14-15)26-25(27)23-16(2)22-18-10-3-5-12-20(18)24(23)21-13-6-4-11-19(21)22/h3-14,16,22-24H,1-2H3,(H,26,27)/t16-,22?,23+,24?/m0/s1. The molecule has 3 aromatic carbocycles. The van der Waals surface area contributed by atoms with E-state index in [-0.39, 0.29) is 29.6 Å². The zero-order chi connectivity index (χ0) is 18.5. The molecule has 6 rings (SSSR count). The number of amides is 1. The minimum atomic E-state index is -0.0553. The molecule has 2 atom stereocenters. The lowest BCUT2D eigenvalue weighted by molar-refractivity contribution is -0.122. The molecule has 1 amide bonds. The molecule has 2 bridgehead atoms. The zero-order valence-corrected chi connectivity index (χ0v) is 15.6. The Kier molecular flexibility index (Phi) is 3.68. The summed E-state index contributed by atoms with van der Waals surface area (Å²) in [6.07, 6.45) is 0. The number of rotatable bonds is 2. The van der Waals surface area contributed by atoms with Crippen molar-refractivity contribution in [2.45, 2.75) is 25.7 Å². The van der Waals surface area contributed by atoms with Crippen LogP contribution < -0.4 is 5.32 Å². The van der Waals surface area contributed by atoms with Crippen LogP contribution in [0.25, 0.3) is 0 Å². The molecule has 0 spiro atoms. The molecule has 0 saturated heterocycles. The van der Waals surface area contributed by atoms with Gasteiger partial charge in [0.15, 0.2) is 0 Å². The van der Waals surface area contributed by atoms with Crippen LogP contribution in [0.4, 0.5) is 5.69 Å². The largest absolute Gasteiger partial charge is 0.326 e. The Morgan fingerprint density at radius 2 is 1.33 bits per heavy atom. The maximum Gasteiger partial charge on any atom is 0.228 e. The van der Waals surface area contributed by atoms with Gasteiger partial charge in [0.05, 0.1) is 5.92 Å². The fourth-order valence-electron chi connectivity index (χ4n) is 5.29. The third kappa shape index (κ3) is 2.43. The number of hydrogen-bond donors (Lipinski definition) is 1. The van der Waals surface area contributed by atoms with E-state index in [9.17, 15) is 4.79 Å². The molecular weight excluding hydrogens is 330 g/mol. The molecule has 0 aromatic heterocycles. The Bertz CT molecular complexity index is 990. The first-order chi connectivity index (χ1) is 13.1. The van der Waals surface area contributed by atoms with Gasteiger partial charge in [-0.05, 0) is 52.8 Å². The van der Waals surface area contributed by atoms with Gasteiger partial charge in [0.25, 0.3) is 0 Å². The van der Waals surface area contributed by atoms with Gasteiger partial charge in [-0.2, -0.15) is 0 Å². The lowest BCUT2D eigenvalue weighted by Crippen LogP contribution is -2.44. The van der Waals surface area contributed by atoms with Gasteiger partial charge in [0, 0.05) is 17.5 Å². The quantitative estimate of drug-likeness (QED) is 0.650. The van der Waals surface area contributed by atoms with Gasteiger partial charge in [-0.3, -0.25) is 4.79 Å². The van der Waals surface area contributed by atoms with Crippen LogP contribution in [0.15, 0.2) is 72.8 Å². The first-order valence-electron chi connectivity index (χ1n) is 9.70. The summed E-state index contributed by atoms with van der Waals surface area (Å²) in [5.74, 6) is 0.759. The van der Waals surface area contributed by atoms with Crippen LogP contribution in [-0.4, -0.2) is 5.91 Å². The third-order valence-corrected chi connectivity index (χ3v) is 6.37. The van der Waals surface area contributed by atoms with Crippen molar-refractivity contribution in [2.24, 2.45) is 11.8 Å². The highest BCUT2D eigenvalue weighted by Crippen LogP contribution is 2.58. The van der Waals surface area contributed by atoms with Crippen molar-refractivity contribution in [3.8, 4) is 0 Å². The van der Waals surface area contributed by atoms with Crippen molar-refractivity contribution in [3.05, 3.63) is 101 Å². The zero-order valence-electron chi connectivity index (χ0n) is 15.6. The minimum absolute atomic E-state index is 0.0553. The van der Waals surface area contributed by atoms with Crippen molar-refractivity contribution in [3.63, 3.8) is 0 Å². The molecule has 0 aliphatic heterocycles. The summed E-state index contributed by atoms with van der Waals surface area (Å²) in [6, 6.07) is 25.4. The van der Waals surface area contributed by atoms with Crippen molar-refractivity contribution in [1.29, 1.82) is 0 Å². The monoisotopic (exact) mass is 353 g/mol. The first kappa shape index (κ1) is 16.3. The lowest BCUT2D eigenvalue weighted by Gasteiger charge is -2.49. The van der Waals surface area contributed by atoms with Gasteiger partial charge in [0.2, 0.25) is 5.91 Å². The van der Waals surface area contributed by atoms with Crippen LogP contribution in [0.5, 0.6) is 0 Å². The predicted octanol–water partition coefficient (Wildman–Crippen LogP) is 5.48. The van der Waals surface area contributed by atoms with Crippen molar-refractivity contribution < 1.29 is 4.79 Å². The summed E-state index contributed by atoms with van der Waals surface area (Å²) in [5.41, 5.74) is 7.48. The number of fused-ring (bicyclic) bond motifs is 1. The molecule has 2 nitrogen and oxygen atoms in total. The Morgan fingerprint density at radius 1 is 0.778 bits per heavy atom. The molecule has 0 saturated carbocycles. The molecule has 0 unspecified atom stereocenters. The van der Waals surface area contributed by atoms with Gasteiger partial charge in [-0.25, -0.2) is 0 Å². The topological polar surface area (TPSA) is 29.1 Å². The molecule has 0 heterocycles. The SMILES string of the molecule is Cc1cccc(NC(=O)[C@H]2C3c4ccccc4C(c4ccccc43)[C@@H]2C)c1. The Morgan fingerprint density at radius 3 is 1.89 bits per heavy atom. The van der Waals surface area contributed by atoms with Gasteiger partial charge in [-0.1, -0.05) is 67.6 Å². The predicted molar refractivity (Wildman–Crippen MR) is 109 cm³/mol. The van der Waals surface area contributed by atoms with E-state index in [4.69, 9.17) is 0 Å². The summed E-state index contributed by atoms with van der Waals surface area (Å²) in [7, 11) is 0. The second-order valence-corrected chi connectivity index (χ2v) is 7.96. The molecule has 1 N–H and O–H groups in total.